The minimum absolute atomic E-state index is 1.16. The normalized spacial score (nSPS) is 11.0. The second-order valence-electron chi connectivity index (χ2n) is 4.88. The number of fused-ring (bicyclic) bond motifs is 2. The summed E-state index contributed by atoms with van der Waals surface area (Å²) in [4.78, 5) is 8.38. The Bertz CT molecular complexity index is 836. The lowest BCUT2D eigenvalue weighted by Gasteiger charge is -2.05. The van der Waals surface area contributed by atoms with Crippen molar-refractivity contribution >= 4 is 21.5 Å². The number of hydrogen-bond acceptors (Lipinski definition) is 2. The molecule has 0 unspecified atom stereocenters. The SMILES string of the molecule is c1cc2ccc(-c3ccc4ccncc4c3)cc2cn1. The number of nitrogens with zero attached hydrogens (tertiary/aromatic N) is 2. The van der Waals surface area contributed by atoms with Gasteiger partial charge in [-0.2, -0.15) is 0 Å². The predicted octanol–water partition coefficient (Wildman–Crippen LogP) is 4.45. The fourth-order valence-corrected chi connectivity index (χ4v) is 2.53. The first kappa shape index (κ1) is 11.1. The van der Waals surface area contributed by atoms with Crippen molar-refractivity contribution in [3.05, 3.63) is 73.3 Å². The van der Waals surface area contributed by atoms with Crippen molar-refractivity contribution in [1.29, 1.82) is 0 Å². The van der Waals surface area contributed by atoms with Gasteiger partial charge in [-0.05, 0) is 46.2 Å². The highest BCUT2D eigenvalue weighted by Crippen LogP contribution is 2.26. The molecule has 2 heterocycles. The Morgan fingerprint density at radius 2 is 1.00 bits per heavy atom. The van der Waals surface area contributed by atoms with E-state index >= 15 is 0 Å². The smallest absolute Gasteiger partial charge is 0.0346 e. The van der Waals surface area contributed by atoms with Gasteiger partial charge in [-0.25, -0.2) is 0 Å². The van der Waals surface area contributed by atoms with Crippen LogP contribution in [0.2, 0.25) is 0 Å². The molecule has 4 aromatic rings. The Labute approximate surface area is 116 Å². The summed E-state index contributed by atoms with van der Waals surface area (Å²) < 4.78 is 0. The zero-order chi connectivity index (χ0) is 13.4. The summed E-state index contributed by atoms with van der Waals surface area (Å²) in [6.07, 6.45) is 7.45. The summed E-state index contributed by atoms with van der Waals surface area (Å²) in [5.74, 6) is 0. The van der Waals surface area contributed by atoms with Gasteiger partial charge in [-0.1, -0.05) is 24.3 Å². The second kappa shape index (κ2) is 4.42. The Kier molecular flexibility index (Phi) is 2.46. The van der Waals surface area contributed by atoms with E-state index in [-0.39, 0.29) is 0 Å². The van der Waals surface area contributed by atoms with E-state index in [1.54, 1.807) is 0 Å². The van der Waals surface area contributed by atoms with Gasteiger partial charge in [0.1, 0.15) is 0 Å². The maximum absolute atomic E-state index is 4.19. The lowest BCUT2D eigenvalue weighted by atomic mass is 10.0. The van der Waals surface area contributed by atoms with Crippen LogP contribution in [0.5, 0.6) is 0 Å². The zero-order valence-corrected chi connectivity index (χ0v) is 10.8. The largest absolute Gasteiger partial charge is 0.264 e. The first-order chi connectivity index (χ1) is 9.90. The van der Waals surface area contributed by atoms with Crippen molar-refractivity contribution in [2.24, 2.45) is 0 Å². The molecule has 0 bridgehead atoms. The van der Waals surface area contributed by atoms with Crippen molar-refractivity contribution in [3.8, 4) is 11.1 Å². The number of aromatic nitrogens is 2. The van der Waals surface area contributed by atoms with Gasteiger partial charge in [-0.15, -0.1) is 0 Å². The van der Waals surface area contributed by atoms with Crippen LogP contribution in [0.15, 0.2) is 73.3 Å². The molecule has 0 aliphatic heterocycles. The lowest BCUT2D eigenvalue weighted by Crippen LogP contribution is -1.82. The highest BCUT2D eigenvalue weighted by Gasteiger charge is 2.01. The maximum Gasteiger partial charge on any atom is 0.0346 e. The molecule has 0 atom stereocenters. The molecule has 94 valence electrons. The first-order valence-electron chi connectivity index (χ1n) is 6.58. The van der Waals surface area contributed by atoms with E-state index in [4.69, 9.17) is 0 Å². The molecule has 2 heteroatoms. The Balaban J connectivity index is 1.91. The summed E-state index contributed by atoms with van der Waals surface area (Å²) in [7, 11) is 0. The van der Waals surface area contributed by atoms with Gasteiger partial charge in [0.05, 0.1) is 0 Å². The average molecular weight is 256 g/mol. The highest BCUT2D eigenvalue weighted by atomic mass is 14.6. The third-order valence-corrected chi connectivity index (χ3v) is 3.61. The van der Waals surface area contributed by atoms with E-state index in [9.17, 15) is 0 Å². The second-order valence-corrected chi connectivity index (χ2v) is 4.88. The summed E-state index contributed by atoms with van der Waals surface area (Å²) >= 11 is 0. The van der Waals surface area contributed by atoms with Crippen molar-refractivity contribution < 1.29 is 0 Å². The van der Waals surface area contributed by atoms with E-state index in [1.165, 1.54) is 21.9 Å². The van der Waals surface area contributed by atoms with Gasteiger partial charge in [0.25, 0.3) is 0 Å². The molecule has 2 nitrogen and oxygen atoms in total. The lowest BCUT2D eigenvalue weighted by molar-refractivity contribution is 1.36. The van der Waals surface area contributed by atoms with Gasteiger partial charge in [-0.3, -0.25) is 9.97 Å². The third-order valence-electron chi connectivity index (χ3n) is 3.61. The van der Waals surface area contributed by atoms with Gasteiger partial charge in [0, 0.05) is 35.6 Å². The molecule has 0 saturated heterocycles. The van der Waals surface area contributed by atoms with Crippen LogP contribution >= 0.6 is 0 Å². The van der Waals surface area contributed by atoms with E-state index in [0.717, 1.165) is 10.8 Å². The Morgan fingerprint density at radius 1 is 0.500 bits per heavy atom. The van der Waals surface area contributed by atoms with Crippen molar-refractivity contribution in [1.82, 2.24) is 9.97 Å². The summed E-state index contributed by atoms with van der Waals surface area (Å²) in [6, 6.07) is 17.0. The molecule has 0 fully saturated rings. The average Bonchev–Trinajstić information content (AvgIpc) is 2.54. The van der Waals surface area contributed by atoms with Crippen LogP contribution < -0.4 is 0 Å². The first-order valence-corrected chi connectivity index (χ1v) is 6.58. The number of pyridine rings is 2. The van der Waals surface area contributed by atoms with Crippen molar-refractivity contribution in [2.45, 2.75) is 0 Å². The molecule has 0 N–H and O–H groups in total. The summed E-state index contributed by atoms with van der Waals surface area (Å²) in [5, 5.41) is 4.75. The molecule has 2 aromatic heterocycles. The monoisotopic (exact) mass is 256 g/mol. The van der Waals surface area contributed by atoms with Crippen LogP contribution in [0.1, 0.15) is 0 Å². The predicted molar refractivity (Wildman–Crippen MR) is 82.5 cm³/mol. The maximum atomic E-state index is 4.19. The van der Waals surface area contributed by atoms with Crippen LogP contribution in [0.4, 0.5) is 0 Å². The Morgan fingerprint density at radius 3 is 1.50 bits per heavy atom. The summed E-state index contributed by atoms with van der Waals surface area (Å²) in [5.41, 5.74) is 2.41. The molecule has 0 radical (unpaired) electrons. The molecule has 0 aliphatic rings. The quantitative estimate of drug-likeness (QED) is 0.503. The fourth-order valence-electron chi connectivity index (χ4n) is 2.53. The molecule has 20 heavy (non-hydrogen) atoms. The standard InChI is InChI=1S/C18H12N2/c1-3-15(9-17-11-19-7-5-13(1)17)16-4-2-14-6-8-20-12-18(14)10-16/h1-12H. The van der Waals surface area contributed by atoms with E-state index in [1.807, 2.05) is 36.9 Å². The molecular formula is C18H12N2. The van der Waals surface area contributed by atoms with Crippen molar-refractivity contribution in [3.63, 3.8) is 0 Å². The molecule has 4 rings (SSSR count). The minimum Gasteiger partial charge on any atom is -0.264 e. The Hall–Kier alpha value is -2.74. The van der Waals surface area contributed by atoms with Gasteiger partial charge >= 0.3 is 0 Å². The number of benzene rings is 2. The molecule has 0 amide bonds. The molecule has 0 saturated carbocycles. The molecule has 0 aliphatic carbocycles. The van der Waals surface area contributed by atoms with Gasteiger partial charge in [0.2, 0.25) is 0 Å². The van der Waals surface area contributed by atoms with E-state index in [2.05, 4.69) is 46.4 Å². The van der Waals surface area contributed by atoms with E-state index < -0.39 is 0 Å². The van der Waals surface area contributed by atoms with Crippen LogP contribution in [0.3, 0.4) is 0 Å². The third kappa shape index (κ3) is 1.82. The van der Waals surface area contributed by atoms with Gasteiger partial charge in [0.15, 0.2) is 0 Å². The van der Waals surface area contributed by atoms with Crippen LogP contribution in [-0.4, -0.2) is 9.97 Å². The number of hydrogen-bond donors (Lipinski definition) is 0. The number of rotatable bonds is 1. The van der Waals surface area contributed by atoms with Crippen LogP contribution in [0.25, 0.3) is 32.7 Å². The molecular weight excluding hydrogens is 244 g/mol. The van der Waals surface area contributed by atoms with E-state index in [0.29, 0.717) is 0 Å². The highest BCUT2D eigenvalue weighted by molar-refractivity contribution is 5.90. The zero-order valence-electron chi connectivity index (χ0n) is 10.8. The fraction of sp³-hybridized carbons (Fsp3) is 0. The van der Waals surface area contributed by atoms with Gasteiger partial charge < -0.3 is 0 Å². The molecule has 2 aromatic carbocycles. The molecule has 0 spiro atoms. The topological polar surface area (TPSA) is 25.8 Å². The van der Waals surface area contributed by atoms with Crippen LogP contribution in [-0.2, 0) is 0 Å². The van der Waals surface area contributed by atoms with Crippen LogP contribution in [0, 0.1) is 0 Å². The van der Waals surface area contributed by atoms with Crippen molar-refractivity contribution in [2.75, 3.05) is 0 Å². The minimum atomic E-state index is 1.16. The summed E-state index contributed by atoms with van der Waals surface area (Å²) in [6.45, 7) is 0.